The Morgan fingerprint density at radius 3 is 2.53 bits per heavy atom. The van der Waals surface area contributed by atoms with Crippen LogP contribution >= 0.6 is 0 Å². The van der Waals surface area contributed by atoms with E-state index < -0.39 is 0 Å². The average molecular weight is 236 g/mol. The molecular weight excluding hydrogens is 216 g/mol. The minimum absolute atomic E-state index is 0.00696. The fraction of sp³-hybridized carbons (Fsp3) is 0.538. The van der Waals surface area contributed by atoms with Crippen molar-refractivity contribution in [2.75, 3.05) is 18.1 Å². The molecule has 94 valence electrons. The summed E-state index contributed by atoms with van der Waals surface area (Å²) in [4.78, 5) is 0. The van der Waals surface area contributed by atoms with E-state index in [-0.39, 0.29) is 11.4 Å². The molecule has 0 atom stereocenters. The largest absolute Gasteiger partial charge is 0.506 e. The summed E-state index contributed by atoms with van der Waals surface area (Å²) in [6, 6.07) is 3.19. The third-order valence-electron chi connectivity index (χ3n) is 3.42. The van der Waals surface area contributed by atoms with E-state index in [1.807, 2.05) is 0 Å². The van der Waals surface area contributed by atoms with Crippen molar-refractivity contribution in [3.05, 3.63) is 12.1 Å². The number of rotatable bonds is 3. The number of anilines is 2. The van der Waals surface area contributed by atoms with Crippen LogP contribution in [0.3, 0.4) is 0 Å². The lowest BCUT2D eigenvalue weighted by Gasteiger charge is -2.22. The fourth-order valence-corrected chi connectivity index (χ4v) is 2.29. The molecule has 1 aromatic rings. The predicted molar refractivity (Wildman–Crippen MR) is 69.0 cm³/mol. The maximum absolute atomic E-state index is 9.38. The van der Waals surface area contributed by atoms with Gasteiger partial charge >= 0.3 is 0 Å². The van der Waals surface area contributed by atoms with E-state index in [0.717, 1.165) is 0 Å². The number of nitrogen functional groups attached to an aromatic ring is 2. The van der Waals surface area contributed by atoms with Gasteiger partial charge in [0.2, 0.25) is 0 Å². The standard InChI is InChI=1S/C13H20N2O2/c14-12-10(16)6-7-11(13(12)15)17-8-9-4-2-1-3-5-9/h6-7,9,16H,1-5,8,14-15H2. The molecule has 0 amide bonds. The second kappa shape index (κ2) is 5.17. The van der Waals surface area contributed by atoms with Crippen molar-refractivity contribution in [1.29, 1.82) is 0 Å². The molecule has 1 aliphatic carbocycles. The van der Waals surface area contributed by atoms with Crippen molar-refractivity contribution >= 4 is 11.4 Å². The van der Waals surface area contributed by atoms with Gasteiger partial charge in [-0.1, -0.05) is 19.3 Å². The first-order chi connectivity index (χ1) is 8.18. The van der Waals surface area contributed by atoms with Crippen molar-refractivity contribution < 1.29 is 9.84 Å². The van der Waals surface area contributed by atoms with Gasteiger partial charge in [-0.2, -0.15) is 0 Å². The third-order valence-corrected chi connectivity index (χ3v) is 3.42. The average Bonchev–Trinajstić information content (AvgIpc) is 2.36. The zero-order valence-electron chi connectivity index (χ0n) is 9.98. The molecule has 0 aromatic heterocycles. The van der Waals surface area contributed by atoms with Gasteiger partial charge in [0, 0.05) is 0 Å². The van der Waals surface area contributed by atoms with Crippen molar-refractivity contribution in [1.82, 2.24) is 0 Å². The van der Waals surface area contributed by atoms with E-state index in [1.165, 1.54) is 38.2 Å². The van der Waals surface area contributed by atoms with Gasteiger partial charge in [-0.15, -0.1) is 0 Å². The minimum atomic E-state index is 0.00696. The van der Waals surface area contributed by atoms with Gasteiger partial charge in [-0.3, -0.25) is 0 Å². The molecule has 0 bridgehead atoms. The first-order valence-corrected chi connectivity index (χ1v) is 6.18. The summed E-state index contributed by atoms with van der Waals surface area (Å²) in [6.07, 6.45) is 6.38. The number of ether oxygens (including phenoxy) is 1. The molecular formula is C13H20N2O2. The van der Waals surface area contributed by atoms with Crippen LogP contribution in [-0.4, -0.2) is 11.7 Å². The molecule has 0 saturated heterocycles. The number of hydrogen-bond donors (Lipinski definition) is 3. The Morgan fingerprint density at radius 2 is 1.82 bits per heavy atom. The second-order valence-electron chi connectivity index (χ2n) is 4.73. The summed E-state index contributed by atoms with van der Waals surface area (Å²) in [6.45, 7) is 0.689. The van der Waals surface area contributed by atoms with Crippen LogP contribution in [0.25, 0.3) is 0 Å². The molecule has 17 heavy (non-hydrogen) atoms. The highest BCUT2D eigenvalue weighted by Crippen LogP contribution is 2.35. The number of phenols is 1. The van der Waals surface area contributed by atoms with Crippen LogP contribution in [0.4, 0.5) is 11.4 Å². The van der Waals surface area contributed by atoms with Crippen molar-refractivity contribution in [2.24, 2.45) is 5.92 Å². The first kappa shape index (κ1) is 11.9. The molecule has 4 heteroatoms. The van der Waals surface area contributed by atoms with Gasteiger partial charge in [-0.05, 0) is 30.9 Å². The highest BCUT2D eigenvalue weighted by atomic mass is 16.5. The molecule has 5 N–H and O–H groups in total. The van der Waals surface area contributed by atoms with E-state index >= 15 is 0 Å². The van der Waals surface area contributed by atoms with Crippen molar-refractivity contribution in [3.63, 3.8) is 0 Å². The number of benzene rings is 1. The summed E-state index contributed by atoms with van der Waals surface area (Å²) in [5.41, 5.74) is 12.0. The molecule has 0 spiro atoms. The molecule has 1 saturated carbocycles. The summed E-state index contributed by atoms with van der Waals surface area (Å²) in [7, 11) is 0. The summed E-state index contributed by atoms with van der Waals surface area (Å²) < 4.78 is 5.70. The van der Waals surface area contributed by atoms with Crippen LogP contribution in [0.2, 0.25) is 0 Å². The van der Waals surface area contributed by atoms with Crippen LogP contribution < -0.4 is 16.2 Å². The number of aromatic hydroxyl groups is 1. The van der Waals surface area contributed by atoms with Gasteiger partial charge in [0.05, 0.1) is 6.61 Å². The number of nitrogens with two attached hydrogens (primary N) is 2. The van der Waals surface area contributed by atoms with Gasteiger partial charge in [0.1, 0.15) is 22.9 Å². The lowest BCUT2D eigenvalue weighted by Crippen LogP contribution is -2.15. The van der Waals surface area contributed by atoms with Crippen LogP contribution in [0.15, 0.2) is 12.1 Å². The van der Waals surface area contributed by atoms with Crippen LogP contribution in [-0.2, 0) is 0 Å². The fourth-order valence-electron chi connectivity index (χ4n) is 2.29. The van der Waals surface area contributed by atoms with E-state index in [0.29, 0.717) is 24.0 Å². The van der Waals surface area contributed by atoms with E-state index in [4.69, 9.17) is 16.2 Å². The normalized spacial score (nSPS) is 16.9. The molecule has 4 nitrogen and oxygen atoms in total. The number of phenolic OH excluding ortho intramolecular Hbond substituents is 1. The maximum atomic E-state index is 9.38. The monoisotopic (exact) mass is 236 g/mol. The summed E-state index contributed by atoms with van der Waals surface area (Å²) >= 11 is 0. The van der Waals surface area contributed by atoms with Gasteiger partial charge in [0.15, 0.2) is 0 Å². The molecule has 0 aliphatic heterocycles. The molecule has 1 fully saturated rings. The van der Waals surface area contributed by atoms with Crippen LogP contribution in [0, 0.1) is 5.92 Å². The topological polar surface area (TPSA) is 81.5 Å². The predicted octanol–water partition coefficient (Wildman–Crippen LogP) is 2.52. The zero-order chi connectivity index (χ0) is 12.3. The molecule has 1 aromatic carbocycles. The molecule has 1 aliphatic rings. The molecule has 0 unspecified atom stereocenters. The van der Waals surface area contributed by atoms with Crippen molar-refractivity contribution in [2.45, 2.75) is 32.1 Å². The SMILES string of the molecule is Nc1c(O)ccc(OCC2CCCCC2)c1N. The molecule has 0 heterocycles. The van der Waals surface area contributed by atoms with E-state index in [1.54, 1.807) is 6.07 Å². The Bertz CT molecular complexity index is 387. The smallest absolute Gasteiger partial charge is 0.144 e. The summed E-state index contributed by atoms with van der Waals surface area (Å²) in [5, 5.41) is 9.38. The third kappa shape index (κ3) is 2.75. The van der Waals surface area contributed by atoms with Gasteiger partial charge in [0.25, 0.3) is 0 Å². The lowest BCUT2D eigenvalue weighted by atomic mass is 9.90. The quantitative estimate of drug-likeness (QED) is 0.556. The van der Waals surface area contributed by atoms with E-state index in [2.05, 4.69) is 0 Å². The Morgan fingerprint density at radius 1 is 1.12 bits per heavy atom. The Kier molecular flexibility index (Phi) is 3.61. The molecule has 2 rings (SSSR count). The van der Waals surface area contributed by atoms with Gasteiger partial charge < -0.3 is 21.3 Å². The highest BCUT2D eigenvalue weighted by Gasteiger charge is 2.15. The van der Waals surface area contributed by atoms with Crippen LogP contribution in [0.5, 0.6) is 11.5 Å². The zero-order valence-corrected chi connectivity index (χ0v) is 9.98. The summed E-state index contributed by atoms with van der Waals surface area (Å²) in [5.74, 6) is 1.21. The lowest BCUT2D eigenvalue weighted by molar-refractivity contribution is 0.209. The van der Waals surface area contributed by atoms with E-state index in [9.17, 15) is 5.11 Å². The Labute approximate surface area is 102 Å². The van der Waals surface area contributed by atoms with Gasteiger partial charge in [-0.25, -0.2) is 0 Å². The maximum Gasteiger partial charge on any atom is 0.144 e. The van der Waals surface area contributed by atoms with Crippen LogP contribution in [0.1, 0.15) is 32.1 Å². The number of hydrogen-bond acceptors (Lipinski definition) is 4. The second-order valence-corrected chi connectivity index (χ2v) is 4.73. The Hall–Kier alpha value is -1.58. The minimum Gasteiger partial charge on any atom is -0.506 e. The molecule has 0 radical (unpaired) electrons. The van der Waals surface area contributed by atoms with Crippen molar-refractivity contribution in [3.8, 4) is 11.5 Å². The highest BCUT2D eigenvalue weighted by molar-refractivity contribution is 5.76. The first-order valence-electron chi connectivity index (χ1n) is 6.18. The Balaban J connectivity index is 1.96.